The molecule has 0 spiro atoms. The zero-order valence-electron chi connectivity index (χ0n) is 11.1. The summed E-state index contributed by atoms with van der Waals surface area (Å²) in [5.74, 6) is 0.295. The molecule has 0 aliphatic carbocycles. The maximum Gasteiger partial charge on any atom is 0.222 e. The summed E-state index contributed by atoms with van der Waals surface area (Å²) in [6, 6.07) is 0. The van der Waals surface area contributed by atoms with E-state index < -0.39 is 0 Å². The maximum atomic E-state index is 11.6. The van der Waals surface area contributed by atoms with E-state index in [4.69, 9.17) is 0 Å². The largest absolute Gasteiger partial charge is 0.346 e. The first-order valence-corrected chi connectivity index (χ1v) is 6.75. The van der Waals surface area contributed by atoms with Gasteiger partial charge in [0.05, 0.1) is 0 Å². The minimum atomic E-state index is 0.295. The van der Waals surface area contributed by atoms with Crippen molar-refractivity contribution in [1.29, 1.82) is 0 Å². The molecule has 0 rings (SSSR count). The van der Waals surface area contributed by atoms with E-state index in [1.54, 1.807) is 0 Å². The smallest absolute Gasteiger partial charge is 0.222 e. The molecule has 2 nitrogen and oxygen atoms in total. The molecule has 95 valence electrons. The van der Waals surface area contributed by atoms with E-state index in [-0.39, 0.29) is 0 Å². The predicted octanol–water partition coefficient (Wildman–Crippen LogP) is 3.81. The van der Waals surface area contributed by atoms with Gasteiger partial charge in [0.15, 0.2) is 0 Å². The van der Waals surface area contributed by atoms with Crippen LogP contribution in [0.15, 0.2) is 0 Å². The van der Waals surface area contributed by atoms with Crippen LogP contribution in [0.2, 0.25) is 0 Å². The zero-order chi connectivity index (χ0) is 12.2. The van der Waals surface area contributed by atoms with Crippen LogP contribution in [0.1, 0.15) is 64.7 Å². The molecule has 0 aliphatic heterocycles. The van der Waals surface area contributed by atoms with Gasteiger partial charge in [-0.25, -0.2) is 0 Å². The standard InChI is InChI=1S/C14H28NO/c1-4-6-8-9-11-13-15(3)14(16)12-10-7-5-2/h2,4-13H2,1,3H3. The molecule has 0 aromatic carbocycles. The Bertz CT molecular complexity index is 168. The van der Waals surface area contributed by atoms with E-state index in [9.17, 15) is 4.79 Å². The molecule has 0 aromatic rings. The number of rotatable bonds is 10. The molecular weight excluding hydrogens is 198 g/mol. The molecular formula is C14H28NO. The summed E-state index contributed by atoms with van der Waals surface area (Å²) in [5, 5.41) is 0. The lowest BCUT2D eigenvalue weighted by atomic mass is 10.1. The average Bonchev–Trinajstić information content (AvgIpc) is 2.28. The second-order valence-electron chi connectivity index (χ2n) is 4.54. The van der Waals surface area contributed by atoms with Gasteiger partial charge in [0.2, 0.25) is 5.91 Å². The summed E-state index contributed by atoms with van der Waals surface area (Å²) < 4.78 is 0. The third kappa shape index (κ3) is 8.75. The van der Waals surface area contributed by atoms with Crippen LogP contribution in [0.3, 0.4) is 0 Å². The number of unbranched alkanes of at least 4 members (excludes halogenated alkanes) is 6. The topological polar surface area (TPSA) is 20.3 Å². The molecule has 0 heterocycles. The van der Waals surface area contributed by atoms with Gasteiger partial charge in [0.25, 0.3) is 0 Å². The lowest BCUT2D eigenvalue weighted by molar-refractivity contribution is -0.130. The lowest BCUT2D eigenvalue weighted by Gasteiger charge is -2.16. The van der Waals surface area contributed by atoms with Gasteiger partial charge in [-0.3, -0.25) is 4.79 Å². The molecule has 1 radical (unpaired) electrons. The second-order valence-corrected chi connectivity index (χ2v) is 4.54. The van der Waals surface area contributed by atoms with Crippen LogP contribution in [0.25, 0.3) is 0 Å². The molecule has 1 amide bonds. The summed E-state index contributed by atoms with van der Waals surface area (Å²) in [6.45, 7) is 6.92. The van der Waals surface area contributed by atoms with E-state index in [0.717, 1.165) is 32.2 Å². The Balaban J connectivity index is 3.40. The fourth-order valence-corrected chi connectivity index (χ4v) is 1.72. The Morgan fingerprint density at radius 3 is 2.38 bits per heavy atom. The van der Waals surface area contributed by atoms with Crippen molar-refractivity contribution in [3.8, 4) is 0 Å². The Morgan fingerprint density at radius 1 is 1.06 bits per heavy atom. The SMILES string of the molecule is [CH2]CCCCC(=O)N(C)CCCCCCC. The molecule has 0 aromatic heterocycles. The maximum absolute atomic E-state index is 11.6. The van der Waals surface area contributed by atoms with Gasteiger partial charge in [-0.2, -0.15) is 0 Å². The molecule has 0 atom stereocenters. The summed E-state index contributed by atoms with van der Waals surface area (Å²) in [5.41, 5.74) is 0. The first-order chi connectivity index (χ1) is 7.72. The summed E-state index contributed by atoms with van der Waals surface area (Å²) >= 11 is 0. The van der Waals surface area contributed by atoms with Gasteiger partial charge in [-0.15, -0.1) is 0 Å². The van der Waals surface area contributed by atoms with Crippen LogP contribution in [0.4, 0.5) is 0 Å². The van der Waals surface area contributed by atoms with Gasteiger partial charge >= 0.3 is 0 Å². The van der Waals surface area contributed by atoms with Crippen LogP contribution in [0.5, 0.6) is 0 Å². The second kappa shape index (κ2) is 11.0. The number of hydrogen-bond acceptors (Lipinski definition) is 1. The quantitative estimate of drug-likeness (QED) is 0.519. The third-order valence-electron chi connectivity index (χ3n) is 2.91. The Labute approximate surface area is 101 Å². The zero-order valence-corrected chi connectivity index (χ0v) is 11.1. The van der Waals surface area contributed by atoms with Crippen LogP contribution in [0, 0.1) is 6.92 Å². The fourth-order valence-electron chi connectivity index (χ4n) is 1.72. The minimum absolute atomic E-state index is 0.295. The highest BCUT2D eigenvalue weighted by molar-refractivity contribution is 5.75. The Morgan fingerprint density at radius 2 is 1.75 bits per heavy atom. The van der Waals surface area contributed by atoms with Crippen molar-refractivity contribution in [2.75, 3.05) is 13.6 Å². The number of hydrogen-bond donors (Lipinski definition) is 0. The highest BCUT2D eigenvalue weighted by atomic mass is 16.2. The molecule has 0 fully saturated rings. The van der Waals surface area contributed by atoms with Gasteiger partial charge in [-0.1, -0.05) is 52.4 Å². The molecule has 0 aliphatic rings. The number of amides is 1. The highest BCUT2D eigenvalue weighted by Crippen LogP contribution is 2.05. The molecule has 16 heavy (non-hydrogen) atoms. The van der Waals surface area contributed by atoms with Crippen LogP contribution >= 0.6 is 0 Å². The van der Waals surface area contributed by atoms with Crippen molar-refractivity contribution >= 4 is 5.91 Å². The summed E-state index contributed by atoms with van der Waals surface area (Å²) in [4.78, 5) is 13.5. The predicted molar refractivity (Wildman–Crippen MR) is 70.2 cm³/mol. The van der Waals surface area contributed by atoms with E-state index in [1.807, 2.05) is 11.9 Å². The van der Waals surface area contributed by atoms with Gasteiger partial charge in [0, 0.05) is 20.0 Å². The lowest BCUT2D eigenvalue weighted by Crippen LogP contribution is -2.27. The Kier molecular flexibility index (Phi) is 10.6. The fraction of sp³-hybridized carbons (Fsp3) is 0.857. The summed E-state index contributed by atoms with van der Waals surface area (Å²) in [7, 11) is 1.92. The average molecular weight is 226 g/mol. The van der Waals surface area contributed by atoms with E-state index >= 15 is 0 Å². The normalized spacial score (nSPS) is 10.4. The monoisotopic (exact) mass is 226 g/mol. The van der Waals surface area contributed by atoms with Crippen LogP contribution in [-0.4, -0.2) is 24.4 Å². The first kappa shape index (κ1) is 15.5. The highest BCUT2D eigenvalue weighted by Gasteiger charge is 2.06. The Hall–Kier alpha value is -0.530. The van der Waals surface area contributed by atoms with E-state index in [1.165, 1.54) is 25.7 Å². The van der Waals surface area contributed by atoms with E-state index in [2.05, 4.69) is 13.8 Å². The number of nitrogens with zero attached hydrogens (tertiary/aromatic N) is 1. The molecule has 0 saturated heterocycles. The van der Waals surface area contributed by atoms with Gasteiger partial charge in [0.1, 0.15) is 0 Å². The van der Waals surface area contributed by atoms with E-state index in [0.29, 0.717) is 12.3 Å². The molecule has 0 bridgehead atoms. The molecule has 0 saturated carbocycles. The molecule has 0 unspecified atom stereocenters. The number of carbonyl (C=O) groups excluding carboxylic acids is 1. The summed E-state index contributed by atoms with van der Waals surface area (Å²) in [6.07, 6.45) is 10.00. The minimum Gasteiger partial charge on any atom is -0.346 e. The third-order valence-corrected chi connectivity index (χ3v) is 2.91. The van der Waals surface area contributed by atoms with Gasteiger partial charge < -0.3 is 4.90 Å². The van der Waals surface area contributed by atoms with Gasteiger partial charge in [-0.05, 0) is 12.8 Å². The van der Waals surface area contributed by atoms with Crippen molar-refractivity contribution in [2.24, 2.45) is 0 Å². The molecule has 0 N–H and O–H groups in total. The van der Waals surface area contributed by atoms with Crippen molar-refractivity contribution < 1.29 is 4.79 Å². The van der Waals surface area contributed by atoms with Crippen LogP contribution < -0.4 is 0 Å². The van der Waals surface area contributed by atoms with Crippen molar-refractivity contribution in [1.82, 2.24) is 4.90 Å². The molecule has 2 heteroatoms. The van der Waals surface area contributed by atoms with Crippen molar-refractivity contribution in [3.63, 3.8) is 0 Å². The van der Waals surface area contributed by atoms with Crippen LogP contribution in [-0.2, 0) is 4.79 Å². The van der Waals surface area contributed by atoms with Crippen molar-refractivity contribution in [2.45, 2.75) is 64.7 Å². The first-order valence-electron chi connectivity index (χ1n) is 6.75. The van der Waals surface area contributed by atoms with Crippen molar-refractivity contribution in [3.05, 3.63) is 6.92 Å². The number of carbonyl (C=O) groups is 1.